The Kier molecular flexibility index (Phi) is 1.75. The van der Waals surface area contributed by atoms with Crippen molar-refractivity contribution in [1.29, 1.82) is 0 Å². The van der Waals surface area contributed by atoms with Gasteiger partial charge in [0.15, 0.2) is 0 Å². The minimum absolute atomic E-state index is 0.0127. The second-order valence-electron chi connectivity index (χ2n) is 3.45. The first-order valence-electron chi connectivity index (χ1n) is 4.33. The minimum Gasteiger partial charge on any atom is -0.466 e. The lowest BCUT2D eigenvalue weighted by molar-refractivity contribution is -0.109. The molecule has 0 spiro atoms. The lowest BCUT2D eigenvalue weighted by Crippen LogP contribution is -2.00. The van der Waals surface area contributed by atoms with Crippen molar-refractivity contribution in [3.63, 3.8) is 0 Å². The van der Waals surface area contributed by atoms with E-state index in [2.05, 4.69) is 0 Å². The fraction of sp³-hybridized carbons (Fsp3) is 0.500. The molecule has 1 fully saturated rings. The van der Waals surface area contributed by atoms with E-state index < -0.39 is 0 Å². The number of furan rings is 1. The van der Waals surface area contributed by atoms with Crippen molar-refractivity contribution in [1.82, 2.24) is 0 Å². The lowest BCUT2D eigenvalue weighted by Gasteiger charge is -2.03. The van der Waals surface area contributed by atoms with Gasteiger partial charge in [0, 0.05) is 0 Å². The zero-order chi connectivity index (χ0) is 8.55. The predicted octanol–water partition coefficient (Wildman–Crippen LogP) is 2.28. The van der Waals surface area contributed by atoms with Crippen LogP contribution < -0.4 is 0 Å². The number of carbonyl (C=O) groups excluding carboxylic acids is 1. The van der Waals surface area contributed by atoms with Crippen LogP contribution in [0.1, 0.15) is 30.3 Å². The standard InChI is InChI=1S/C10H12O2/c1-7-2-5-10(12-7)9(6-11)8-3-4-8/h2,5-6,8-9H,3-4H2,1H3. The van der Waals surface area contributed by atoms with E-state index in [0.717, 1.165) is 17.8 Å². The second kappa shape index (κ2) is 2.77. The molecule has 1 saturated carbocycles. The van der Waals surface area contributed by atoms with Crippen LogP contribution in [-0.2, 0) is 4.79 Å². The number of carbonyl (C=O) groups is 1. The lowest BCUT2D eigenvalue weighted by atomic mass is 10.0. The van der Waals surface area contributed by atoms with Crippen molar-refractivity contribution in [2.45, 2.75) is 25.7 Å². The Morgan fingerprint density at radius 1 is 1.58 bits per heavy atom. The van der Waals surface area contributed by atoms with Gasteiger partial charge in [-0.15, -0.1) is 0 Å². The van der Waals surface area contributed by atoms with Crippen molar-refractivity contribution in [3.8, 4) is 0 Å². The van der Waals surface area contributed by atoms with Crippen LogP contribution in [0.5, 0.6) is 0 Å². The smallest absolute Gasteiger partial charge is 0.130 e. The van der Waals surface area contributed by atoms with E-state index in [9.17, 15) is 4.79 Å². The van der Waals surface area contributed by atoms with E-state index in [-0.39, 0.29) is 5.92 Å². The zero-order valence-corrected chi connectivity index (χ0v) is 7.12. The molecular formula is C10H12O2. The van der Waals surface area contributed by atoms with Crippen molar-refractivity contribution in [2.75, 3.05) is 0 Å². The average molecular weight is 164 g/mol. The summed E-state index contributed by atoms with van der Waals surface area (Å²) in [5.74, 6) is 2.29. The SMILES string of the molecule is Cc1ccc(C(C=O)C2CC2)o1. The summed E-state index contributed by atoms with van der Waals surface area (Å²) < 4.78 is 5.41. The van der Waals surface area contributed by atoms with Crippen LogP contribution in [-0.4, -0.2) is 6.29 Å². The van der Waals surface area contributed by atoms with Crippen LogP contribution in [0.25, 0.3) is 0 Å². The van der Waals surface area contributed by atoms with Gasteiger partial charge in [-0.25, -0.2) is 0 Å². The molecule has 0 aliphatic heterocycles. The molecule has 1 unspecified atom stereocenters. The molecule has 0 aromatic carbocycles. The van der Waals surface area contributed by atoms with Crippen molar-refractivity contribution in [2.24, 2.45) is 5.92 Å². The number of hydrogen-bond acceptors (Lipinski definition) is 2. The second-order valence-corrected chi connectivity index (χ2v) is 3.45. The Hall–Kier alpha value is -1.05. The highest BCUT2D eigenvalue weighted by atomic mass is 16.3. The molecule has 1 aromatic rings. The molecule has 64 valence electrons. The Morgan fingerprint density at radius 2 is 2.33 bits per heavy atom. The van der Waals surface area contributed by atoms with Gasteiger partial charge >= 0.3 is 0 Å². The van der Waals surface area contributed by atoms with E-state index in [4.69, 9.17) is 4.42 Å². The summed E-state index contributed by atoms with van der Waals surface area (Å²) in [5.41, 5.74) is 0. The fourth-order valence-corrected chi connectivity index (χ4v) is 1.50. The molecule has 12 heavy (non-hydrogen) atoms. The number of aryl methyl sites for hydroxylation is 1. The molecule has 1 atom stereocenters. The third-order valence-corrected chi connectivity index (χ3v) is 2.37. The Bertz CT molecular complexity index is 284. The molecular weight excluding hydrogens is 152 g/mol. The zero-order valence-electron chi connectivity index (χ0n) is 7.12. The molecule has 1 heterocycles. The maximum absolute atomic E-state index is 10.7. The summed E-state index contributed by atoms with van der Waals surface area (Å²) >= 11 is 0. The number of hydrogen-bond donors (Lipinski definition) is 0. The average Bonchev–Trinajstić information content (AvgIpc) is 2.78. The summed E-state index contributed by atoms with van der Waals surface area (Å²) in [5, 5.41) is 0. The van der Waals surface area contributed by atoms with Gasteiger partial charge in [0.25, 0.3) is 0 Å². The van der Waals surface area contributed by atoms with E-state index in [1.165, 1.54) is 12.8 Å². The van der Waals surface area contributed by atoms with Gasteiger partial charge in [-0.1, -0.05) is 0 Å². The summed E-state index contributed by atoms with van der Waals surface area (Å²) in [6, 6.07) is 3.82. The van der Waals surface area contributed by atoms with Crippen LogP contribution in [0.15, 0.2) is 16.5 Å². The van der Waals surface area contributed by atoms with Crippen LogP contribution in [0.4, 0.5) is 0 Å². The molecule has 2 rings (SSSR count). The summed E-state index contributed by atoms with van der Waals surface area (Å²) in [6.45, 7) is 1.90. The van der Waals surface area contributed by atoms with Gasteiger partial charge in [-0.3, -0.25) is 0 Å². The summed E-state index contributed by atoms with van der Waals surface area (Å²) in [4.78, 5) is 10.7. The van der Waals surface area contributed by atoms with Crippen molar-refractivity contribution in [3.05, 3.63) is 23.7 Å². The molecule has 2 heteroatoms. The van der Waals surface area contributed by atoms with Crippen molar-refractivity contribution >= 4 is 6.29 Å². The quantitative estimate of drug-likeness (QED) is 0.641. The predicted molar refractivity (Wildman–Crippen MR) is 45.0 cm³/mol. The summed E-state index contributed by atoms with van der Waals surface area (Å²) in [6.07, 6.45) is 3.35. The maximum atomic E-state index is 10.7. The highest BCUT2D eigenvalue weighted by Crippen LogP contribution is 2.41. The highest BCUT2D eigenvalue weighted by Gasteiger charge is 2.33. The normalized spacial score (nSPS) is 19.1. The fourth-order valence-electron chi connectivity index (χ4n) is 1.50. The Labute approximate surface area is 71.6 Å². The first-order valence-corrected chi connectivity index (χ1v) is 4.33. The minimum atomic E-state index is 0.0127. The Morgan fingerprint density at radius 3 is 2.75 bits per heavy atom. The molecule has 0 amide bonds. The number of aldehydes is 1. The van der Waals surface area contributed by atoms with E-state index in [0.29, 0.717) is 5.92 Å². The third kappa shape index (κ3) is 1.29. The van der Waals surface area contributed by atoms with Crippen LogP contribution in [0.3, 0.4) is 0 Å². The highest BCUT2D eigenvalue weighted by molar-refractivity contribution is 5.61. The Balaban J connectivity index is 2.20. The molecule has 2 nitrogen and oxygen atoms in total. The maximum Gasteiger partial charge on any atom is 0.130 e. The van der Waals surface area contributed by atoms with Gasteiger partial charge in [-0.05, 0) is 37.8 Å². The van der Waals surface area contributed by atoms with Gasteiger partial charge < -0.3 is 9.21 Å². The first kappa shape index (κ1) is 7.59. The first-order chi connectivity index (χ1) is 5.81. The van der Waals surface area contributed by atoms with Crippen molar-refractivity contribution < 1.29 is 9.21 Å². The molecule has 0 bridgehead atoms. The third-order valence-electron chi connectivity index (χ3n) is 2.37. The monoisotopic (exact) mass is 164 g/mol. The molecule has 1 aliphatic rings. The van der Waals surface area contributed by atoms with E-state index in [1.807, 2.05) is 19.1 Å². The van der Waals surface area contributed by atoms with E-state index in [1.54, 1.807) is 0 Å². The molecule has 0 radical (unpaired) electrons. The van der Waals surface area contributed by atoms with Crippen LogP contribution in [0.2, 0.25) is 0 Å². The van der Waals surface area contributed by atoms with Crippen LogP contribution >= 0.6 is 0 Å². The largest absolute Gasteiger partial charge is 0.466 e. The van der Waals surface area contributed by atoms with Gasteiger partial charge in [0.05, 0.1) is 5.92 Å². The van der Waals surface area contributed by atoms with E-state index >= 15 is 0 Å². The molecule has 0 N–H and O–H groups in total. The topological polar surface area (TPSA) is 30.2 Å². The van der Waals surface area contributed by atoms with Gasteiger partial charge in [0.1, 0.15) is 17.8 Å². The molecule has 1 aromatic heterocycles. The van der Waals surface area contributed by atoms with Gasteiger partial charge in [-0.2, -0.15) is 0 Å². The molecule has 1 aliphatic carbocycles. The summed E-state index contributed by atoms with van der Waals surface area (Å²) in [7, 11) is 0. The van der Waals surface area contributed by atoms with Crippen LogP contribution in [0, 0.1) is 12.8 Å². The number of rotatable bonds is 3. The van der Waals surface area contributed by atoms with Gasteiger partial charge in [0.2, 0.25) is 0 Å². The molecule has 0 saturated heterocycles.